The highest BCUT2D eigenvalue weighted by molar-refractivity contribution is 9.10. The first-order valence-electron chi connectivity index (χ1n) is 9.38. The molecule has 4 aromatic rings. The molecule has 2 aromatic heterocycles. The predicted molar refractivity (Wildman–Crippen MR) is 131 cm³/mol. The quantitative estimate of drug-likeness (QED) is 0.285. The van der Waals surface area contributed by atoms with Gasteiger partial charge in [-0.05, 0) is 36.4 Å². The van der Waals surface area contributed by atoms with E-state index in [2.05, 4.69) is 36.4 Å². The van der Waals surface area contributed by atoms with Crippen molar-refractivity contribution in [3.05, 3.63) is 69.2 Å². The van der Waals surface area contributed by atoms with Gasteiger partial charge in [-0.15, -0.1) is 21.5 Å². The fourth-order valence-electron chi connectivity index (χ4n) is 2.64. The molecule has 7 nitrogen and oxygen atoms in total. The molecular weight excluding hydrogens is 534 g/mol. The number of thiazole rings is 1. The van der Waals surface area contributed by atoms with Gasteiger partial charge in [0.25, 0.3) is 0 Å². The molecule has 1 amide bonds. The number of hydrogen-bond acceptors (Lipinski definition) is 7. The molecule has 4 rings (SSSR count). The second-order valence-electron chi connectivity index (χ2n) is 6.58. The molecule has 164 valence electrons. The van der Waals surface area contributed by atoms with Gasteiger partial charge in [-0.2, -0.15) is 0 Å². The van der Waals surface area contributed by atoms with E-state index in [-0.39, 0.29) is 18.3 Å². The van der Waals surface area contributed by atoms with E-state index in [1.165, 1.54) is 23.1 Å². The first-order valence-corrected chi connectivity index (χ1v) is 12.4. The van der Waals surface area contributed by atoms with Crippen molar-refractivity contribution >= 4 is 61.7 Å². The first kappa shape index (κ1) is 22.8. The predicted octanol–water partition coefficient (Wildman–Crippen LogP) is 5.66. The maximum absolute atomic E-state index is 12.4. The van der Waals surface area contributed by atoms with Gasteiger partial charge in [0.1, 0.15) is 12.4 Å². The summed E-state index contributed by atoms with van der Waals surface area (Å²) in [6.07, 6.45) is 0. The zero-order chi connectivity index (χ0) is 22.5. The van der Waals surface area contributed by atoms with Gasteiger partial charge in [-0.25, -0.2) is 4.98 Å². The molecule has 11 heteroatoms. The average Bonchev–Trinajstić information content (AvgIpc) is 3.39. The molecule has 2 aromatic carbocycles. The van der Waals surface area contributed by atoms with Crippen molar-refractivity contribution in [3.63, 3.8) is 0 Å². The number of nitrogens with zero attached hydrogens (tertiary/aromatic N) is 4. The van der Waals surface area contributed by atoms with Gasteiger partial charge in [0.2, 0.25) is 5.91 Å². The number of anilines is 1. The molecule has 32 heavy (non-hydrogen) atoms. The normalized spacial score (nSPS) is 10.8. The van der Waals surface area contributed by atoms with Gasteiger partial charge in [0.15, 0.2) is 16.1 Å². The molecule has 2 heterocycles. The Balaban J connectivity index is 1.29. The van der Waals surface area contributed by atoms with Gasteiger partial charge in [-0.3, -0.25) is 4.79 Å². The van der Waals surface area contributed by atoms with Crippen LogP contribution in [0.1, 0.15) is 5.82 Å². The summed E-state index contributed by atoms with van der Waals surface area (Å²) in [5.74, 6) is 1.38. The molecule has 0 bridgehead atoms. The van der Waals surface area contributed by atoms with Crippen molar-refractivity contribution < 1.29 is 9.53 Å². The van der Waals surface area contributed by atoms with E-state index in [0.717, 1.165) is 15.7 Å². The van der Waals surface area contributed by atoms with Crippen molar-refractivity contribution in [1.29, 1.82) is 0 Å². The summed E-state index contributed by atoms with van der Waals surface area (Å²) in [4.78, 5) is 16.9. The summed E-state index contributed by atoms with van der Waals surface area (Å²) >= 11 is 12.0. The topological polar surface area (TPSA) is 81.9 Å². The molecule has 0 radical (unpaired) electrons. The third-order valence-corrected chi connectivity index (χ3v) is 6.89. The summed E-state index contributed by atoms with van der Waals surface area (Å²) in [7, 11) is 1.84. The number of thioether (sulfide) groups is 1. The minimum absolute atomic E-state index is 0.159. The van der Waals surface area contributed by atoms with Crippen LogP contribution in [0.5, 0.6) is 5.75 Å². The van der Waals surface area contributed by atoms with Crippen LogP contribution in [0.25, 0.3) is 11.3 Å². The fraction of sp³-hybridized carbons (Fsp3) is 0.143. The van der Waals surface area contributed by atoms with Gasteiger partial charge in [0, 0.05) is 27.5 Å². The second kappa shape index (κ2) is 10.5. The first-order chi connectivity index (χ1) is 15.5. The number of halogens is 2. The van der Waals surface area contributed by atoms with E-state index in [1.54, 1.807) is 24.3 Å². The lowest BCUT2D eigenvalue weighted by Crippen LogP contribution is -2.14. The number of nitrogens with one attached hydrogen (secondary N) is 1. The Bertz CT molecular complexity index is 1210. The monoisotopic (exact) mass is 549 g/mol. The minimum atomic E-state index is -0.159. The number of carbonyl (C=O) groups excluding carboxylic acids is 1. The van der Waals surface area contributed by atoms with E-state index in [9.17, 15) is 4.79 Å². The van der Waals surface area contributed by atoms with Gasteiger partial charge in [-0.1, -0.05) is 51.4 Å². The number of rotatable bonds is 8. The van der Waals surface area contributed by atoms with Gasteiger partial charge < -0.3 is 14.6 Å². The SMILES string of the molecule is Cn1c(COc2ccc(Cl)cc2)nnc1SCC(=O)Nc1nc(-c2ccc(Br)cc2)cs1. The van der Waals surface area contributed by atoms with Crippen LogP contribution in [0.15, 0.2) is 63.5 Å². The Kier molecular flexibility index (Phi) is 7.46. The zero-order valence-electron chi connectivity index (χ0n) is 16.8. The van der Waals surface area contributed by atoms with Crippen molar-refractivity contribution in [2.45, 2.75) is 11.8 Å². The smallest absolute Gasteiger partial charge is 0.236 e. The number of carbonyl (C=O) groups is 1. The molecular formula is C21H17BrClN5O2S2. The van der Waals surface area contributed by atoms with Crippen LogP contribution in [0, 0.1) is 0 Å². The molecule has 0 saturated carbocycles. The number of amides is 1. The highest BCUT2D eigenvalue weighted by atomic mass is 79.9. The van der Waals surface area contributed by atoms with E-state index in [0.29, 0.717) is 26.9 Å². The van der Waals surface area contributed by atoms with Crippen LogP contribution in [-0.2, 0) is 18.4 Å². The summed E-state index contributed by atoms with van der Waals surface area (Å²) in [6.45, 7) is 0.260. The molecule has 0 atom stereocenters. The maximum atomic E-state index is 12.4. The lowest BCUT2D eigenvalue weighted by Gasteiger charge is -2.06. The number of benzene rings is 2. The summed E-state index contributed by atoms with van der Waals surface area (Å²) in [5, 5.41) is 14.9. The van der Waals surface area contributed by atoms with Crippen molar-refractivity contribution in [2.75, 3.05) is 11.1 Å². The highest BCUT2D eigenvalue weighted by Crippen LogP contribution is 2.26. The molecule has 0 spiro atoms. The van der Waals surface area contributed by atoms with Gasteiger partial charge in [0.05, 0.1) is 11.4 Å². The fourth-order valence-corrected chi connectivity index (χ4v) is 4.50. The molecule has 0 fully saturated rings. The van der Waals surface area contributed by atoms with E-state index < -0.39 is 0 Å². The third kappa shape index (κ3) is 5.89. The Morgan fingerprint density at radius 1 is 1.19 bits per heavy atom. The van der Waals surface area contributed by atoms with E-state index in [1.807, 2.05) is 41.3 Å². The standard InChI is InChI=1S/C21H17BrClN5O2S2/c1-28-18(10-30-16-8-6-15(23)7-9-16)26-27-21(28)32-12-19(29)25-20-24-17(11-31-20)13-2-4-14(22)5-3-13/h2-9,11H,10,12H2,1H3,(H,24,25,29). The lowest BCUT2D eigenvalue weighted by atomic mass is 10.2. The number of hydrogen-bond donors (Lipinski definition) is 1. The molecule has 0 aliphatic heterocycles. The van der Waals surface area contributed by atoms with Crippen LogP contribution in [0.2, 0.25) is 5.02 Å². The van der Waals surface area contributed by atoms with E-state index >= 15 is 0 Å². The van der Waals surface area contributed by atoms with Crippen LogP contribution in [-0.4, -0.2) is 31.4 Å². The van der Waals surface area contributed by atoms with Crippen LogP contribution in [0.3, 0.4) is 0 Å². The third-order valence-electron chi connectivity index (χ3n) is 4.33. The zero-order valence-corrected chi connectivity index (χ0v) is 20.8. The van der Waals surface area contributed by atoms with Crippen LogP contribution in [0.4, 0.5) is 5.13 Å². The molecule has 1 N–H and O–H groups in total. The number of ether oxygens (including phenoxy) is 1. The molecule has 0 aliphatic carbocycles. The molecule has 0 saturated heterocycles. The summed E-state index contributed by atoms with van der Waals surface area (Å²) in [6, 6.07) is 15.0. The van der Waals surface area contributed by atoms with Crippen LogP contribution < -0.4 is 10.1 Å². The number of aromatic nitrogens is 4. The average molecular weight is 551 g/mol. The maximum Gasteiger partial charge on any atom is 0.236 e. The largest absolute Gasteiger partial charge is 0.486 e. The highest BCUT2D eigenvalue weighted by Gasteiger charge is 2.13. The lowest BCUT2D eigenvalue weighted by molar-refractivity contribution is -0.113. The Morgan fingerprint density at radius 2 is 1.94 bits per heavy atom. The minimum Gasteiger partial charge on any atom is -0.486 e. The van der Waals surface area contributed by atoms with Gasteiger partial charge >= 0.3 is 0 Å². The second-order valence-corrected chi connectivity index (χ2v) is 9.73. The Labute approximate surface area is 206 Å². The molecule has 0 unspecified atom stereocenters. The summed E-state index contributed by atoms with van der Waals surface area (Å²) in [5.41, 5.74) is 1.82. The van der Waals surface area contributed by atoms with Crippen molar-refractivity contribution in [1.82, 2.24) is 19.7 Å². The molecule has 0 aliphatic rings. The van der Waals surface area contributed by atoms with Crippen LogP contribution >= 0.6 is 50.6 Å². The van der Waals surface area contributed by atoms with Crippen molar-refractivity contribution in [2.24, 2.45) is 7.05 Å². The Morgan fingerprint density at radius 3 is 2.69 bits per heavy atom. The summed E-state index contributed by atoms with van der Waals surface area (Å²) < 4.78 is 8.52. The van der Waals surface area contributed by atoms with Crippen molar-refractivity contribution in [3.8, 4) is 17.0 Å². The Hall–Kier alpha value is -2.40. The van der Waals surface area contributed by atoms with E-state index in [4.69, 9.17) is 16.3 Å².